The molecule has 1 aliphatic carbocycles. The summed E-state index contributed by atoms with van der Waals surface area (Å²) in [5.41, 5.74) is 2.28. The fourth-order valence-electron chi connectivity index (χ4n) is 3.12. The Balaban J connectivity index is 2.17. The SMILES string of the molecule is Cn1c(=O)n(C)c2cc(C(=O)C3CCCC3)c(Br)cc21. The van der Waals surface area contributed by atoms with Crippen LogP contribution in [0.3, 0.4) is 0 Å². The van der Waals surface area contributed by atoms with Crippen LogP contribution in [0.15, 0.2) is 21.4 Å². The molecule has 0 spiro atoms. The van der Waals surface area contributed by atoms with E-state index in [0.717, 1.165) is 41.2 Å². The second-order valence-electron chi connectivity index (χ2n) is 5.57. The molecule has 0 amide bonds. The van der Waals surface area contributed by atoms with Crippen LogP contribution in [0.5, 0.6) is 0 Å². The number of halogens is 1. The minimum atomic E-state index is -0.0719. The van der Waals surface area contributed by atoms with Gasteiger partial charge in [0.15, 0.2) is 5.78 Å². The summed E-state index contributed by atoms with van der Waals surface area (Å²) in [7, 11) is 3.48. The molecule has 2 aromatic rings. The number of nitrogens with zero attached hydrogens (tertiary/aromatic N) is 2. The van der Waals surface area contributed by atoms with Gasteiger partial charge in [-0.2, -0.15) is 0 Å². The number of carbonyl (C=O) groups is 1. The lowest BCUT2D eigenvalue weighted by atomic mass is 9.96. The van der Waals surface area contributed by atoms with Crippen molar-refractivity contribution in [2.45, 2.75) is 25.7 Å². The molecule has 0 unspecified atom stereocenters. The minimum absolute atomic E-state index is 0.0719. The van der Waals surface area contributed by atoms with Crippen LogP contribution in [0.1, 0.15) is 36.0 Å². The normalized spacial score (nSPS) is 16.1. The molecule has 1 fully saturated rings. The van der Waals surface area contributed by atoms with Gasteiger partial charge in [-0.3, -0.25) is 13.9 Å². The Labute approximate surface area is 125 Å². The summed E-state index contributed by atoms with van der Waals surface area (Å²) in [6, 6.07) is 3.72. The molecule has 0 atom stereocenters. The first-order chi connectivity index (χ1) is 9.50. The van der Waals surface area contributed by atoms with Gasteiger partial charge in [0.2, 0.25) is 0 Å². The zero-order valence-electron chi connectivity index (χ0n) is 11.6. The zero-order valence-corrected chi connectivity index (χ0v) is 13.2. The van der Waals surface area contributed by atoms with Crippen molar-refractivity contribution in [2.75, 3.05) is 0 Å². The number of rotatable bonds is 2. The smallest absolute Gasteiger partial charge is 0.295 e. The summed E-state index contributed by atoms with van der Waals surface area (Å²) in [6.07, 6.45) is 4.24. The van der Waals surface area contributed by atoms with E-state index < -0.39 is 0 Å². The summed E-state index contributed by atoms with van der Waals surface area (Å²) in [4.78, 5) is 24.6. The zero-order chi connectivity index (χ0) is 14.4. The molecule has 4 nitrogen and oxygen atoms in total. The molecule has 20 heavy (non-hydrogen) atoms. The van der Waals surface area contributed by atoms with Gasteiger partial charge in [0.05, 0.1) is 11.0 Å². The molecule has 1 aliphatic rings. The molecule has 1 aromatic carbocycles. The van der Waals surface area contributed by atoms with Gasteiger partial charge in [-0.25, -0.2) is 4.79 Å². The van der Waals surface area contributed by atoms with Crippen molar-refractivity contribution in [3.05, 3.63) is 32.7 Å². The van der Waals surface area contributed by atoms with E-state index in [-0.39, 0.29) is 17.4 Å². The molecule has 1 saturated carbocycles. The quantitative estimate of drug-likeness (QED) is 0.791. The summed E-state index contributed by atoms with van der Waals surface area (Å²) < 4.78 is 3.97. The fourth-order valence-corrected chi connectivity index (χ4v) is 3.64. The number of carbonyl (C=O) groups excluding carboxylic acids is 1. The monoisotopic (exact) mass is 336 g/mol. The van der Waals surface area contributed by atoms with Crippen LogP contribution < -0.4 is 5.69 Å². The Bertz CT molecular complexity index is 751. The third-order valence-electron chi connectivity index (χ3n) is 4.35. The maximum Gasteiger partial charge on any atom is 0.328 e. The highest BCUT2D eigenvalue weighted by atomic mass is 79.9. The van der Waals surface area contributed by atoms with Gasteiger partial charge in [0, 0.05) is 30.0 Å². The lowest BCUT2D eigenvalue weighted by Crippen LogP contribution is -2.19. The molecule has 5 heteroatoms. The molecule has 0 N–H and O–H groups in total. The molecule has 0 aliphatic heterocycles. The van der Waals surface area contributed by atoms with Crippen molar-refractivity contribution in [3.8, 4) is 0 Å². The van der Waals surface area contributed by atoms with E-state index in [1.54, 1.807) is 23.2 Å². The number of hydrogen-bond donors (Lipinski definition) is 0. The second kappa shape index (κ2) is 4.88. The number of aryl methyl sites for hydroxylation is 2. The maximum absolute atomic E-state index is 12.6. The first kappa shape index (κ1) is 13.6. The minimum Gasteiger partial charge on any atom is -0.295 e. The predicted molar refractivity (Wildman–Crippen MR) is 82.1 cm³/mol. The highest BCUT2D eigenvalue weighted by molar-refractivity contribution is 9.10. The largest absolute Gasteiger partial charge is 0.328 e. The van der Waals surface area contributed by atoms with E-state index in [0.29, 0.717) is 5.56 Å². The van der Waals surface area contributed by atoms with Gasteiger partial charge in [0.25, 0.3) is 0 Å². The Morgan fingerprint density at radius 3 is 2.30 bits per heavy atom. The number of fused-ring (bicyclic) bond motifs is 1. The van der Waals surface area contributed by atoms with E-state index in [9.17, 15) is 9.59 Å². The molecule has 0 radical (unpaired) electrons. The third-order valence-corrected chi connectivity index (χ3v) is 5.01. The van der Waals surface area contributed by atoms with E-state index >= 15 is 0 Å². The van der Waals surface area contributed by atoms with Crippen LogP contribution in [-0.2, 0) is 14.1 Å². The van der Waals surface area contributed by atoms with Crippen LogP contribution in [0.2, 0.25) is 0 Å². The van der Waals surface area contributed by atoms with Crippen molar-refractivity contribution in [1.82, 2.24) is 9.13 Å². The molecule has 1 aromatic heterocycles. The van der Waals surface area contributed by atoms with E-state index in [2.05, 4.69) is 15.9 Å². The van der Waals surface area contributed by atoms with Crippen molar-refractivity contribution < 1.29 is 4.79 Å². The summed E-state index contributed by atoms with van der Waals surface area (Å²) in [5, 5.41) is 0. The Kier molecular flexibility index (Phi) is 3.32. The molecular formula is C15H17BrN2O2. The highest BCUT2D eigenvalue weighted by Crippen LogP contribution is 2.32. The average molecular weight is 337 g/mol. The first-order valence-corrected chi connectivity index (χ1v) is 7.69. The lowest BCUT2D eigenvalue weighted by molar-refractivity contribution is 0.0922. The molecule has 1 heterocycles. The van der Waals surface area contributed by atoms with Gasteiger partial charge < -0.3 is 0 Å². The second-order valence-corrected chi connectivity index (χ2v) is 6.42. The number of aromatic nitrogens is 2. The summed E-state index contributed by atoms with van der Waals surface area (Å²) in [5.74, 6) is 0.345. The van der Waals surface area contributed by atoms with Crippen LogP contribution in [0, 0.1) is 5.92 Å². The molecule has 0 saturated heterocycles. The number of imidazole rings is 1. The number of hydrogen-bond acceptors (Lipinski definition) is 2. The van der Waals surface area contributed by atoms with Crippen molar-refractivity contribution in [2.24, 2.45) is 20.0 Å². The summed E-state index contributed by atoms with van der Waals surface area (Å²) >= 11 is 3.49. The summed E-state index contributed by atoms with van der Waals surface area (Å²) in [6.45, 7) is 0. The molecular weight excluding hydrogens is 320 g/mol. The van der Waals surface area contributed by atoms with Gasteiger partial charge >= 0.3 is 5.69 Å². The van der Waals surface area contributed by atoms with Crippen molar-refractivity contribution in [3.63, 3.8) is 0 Å². The van der Waals surface area contributed by atoms with Gasteiger partial charge in [-0.1, -0.05) is 12.8 Å². The number of ketones is 1. The average Bonchev–Trinajstić information content (AvgIpc) is 3.03. The standard InChI is InChI=1S/C15H17BrN2O2/c1-17-12-7-10(14(19)9-5-3-4-6-9)11(16)8-13(12)18(2)15(17)20/h7-9H,3-6H2,1-2H3. The predicted octanol–water partition coefficient (Wildman–Crippen LogP) is 3.01. The first-order valence-electron chi connectivity index (χ1n) is 6.90. The topological polar surface area (TPSA) is 44.0 Å². The highest BCUT2D eigenvalue weighted by Gasteiger charge is 2.26. The maximum atomic E-state index is 12.6. The van der Waals surface area contributed by atoms with Crippen molar-refractivity contribution >= 4 is 32.7 Å². The molecule has 106 valence electrons. The number of Topliss-reactive ketones (excluding diaryl/α,β-unsaturated/α-hetero) is 1. The van der Waals surface area contributed by atoms with Gasteiger partial charge in [-0.15, -0.1) is 0 Å². The van der Waals surface area contributed by atoms with E-state index in [4.69, 9.17) is 0 Å². The Hall–Kier alpha value is -1.36. The lowest BCUT2D eigenvalue weighted by Gasteiger charge is -2.10. The number of benzene rings is 1. The Morgan fingerprint density at radius 1 is 1.15 bits per heavy atom. The van der Waals surface area contributed by atoms with Gasteiger partial charge in [0.1, 0.15) is 0 Å². The molecule has 3 rings (SSSR count). The van der Waals surface area contributed by atoms with Crippen LogP contribution in [0.25, 0.3) is 11.0 Å². The van der Waals surface area contributed by atoms with Crippen LogP contribution in [-0.4, -0.2) is 14.9 Å². The van der Waals surface area contributed by atoms with Gasteiger partial charge in [-0.05, 0) is 40.9 Å². The third kappa shape index (κ3) is 1.95. The fraction of sp³-hybridized carbons (Fsp3) is 0.467. The van der Waals surface area contributed by atoms with Crippen molar-refractivity contribution in [1.29, 1.82) is 0 Å². The molecule has 0 bridgehead atoms. The Morgan fingerprint density at radius 2 is 1.70 bits per heavy atom. The van der Waals surface area contributed by atoms with E-state index in [1.807, 2.05) is 12.1 Å². The van der Waals surface area contributed by atoms with Crippen LogP contribution >= 0.6 is 15.9 Å². The van der Waals surface area contributed by atoms with E-state index in [1.165, 1.54) is 0 Å². The van der Waals surface area contributed by atoms with Crippen LogP contribution in [0.4, 0.5) is 0 Å².